The van der Waals surface area contributed by atoms with Crippen LogP contribution in [0.4, 0.5) is 0 Å². The van der Waals surface area contributed by atoms with E-state index in [-0.39, 0.29) is 0 Å². The van der Waals surface area contributed by atoms with Gasteiger partial charge in [-0.15, -0.1) is 11.6 Å². The van der Waals surface area contributed by atoms with Crippen molar-refractivity contribution in [2.24, 2.45) is 0 Å². The minimum atomic E-state index is 0.535. The largest absolute Gasteiger partial charge is 0.255 e. The molecular formula is C8H10BrClN2. The third-order valence-corrected chi connectivity index (χ3v) is 3.53. The van der Waals surface area contributed by atoms with Crippen LogP contribution in [-0.2, 0) is 5.88 Å². The number of rotatable bonds is 2. The molecule has 0 unspecified atom stereocenters. The maximum Gasteiger partial charge on any atom is 0.108 e. The van der Waals surface area contributed by atoms with E-state index in [4.69, 9.17) is 11.6 Å². The highest BCUT2D eigenvalue weighted by Crippen LogP contribution is 2.34. The maximum absolute atomic E-state index is 5.73. The van der Waals surface area contributed by atoms with Gasteiger partial charge in [-0.3, -0.25) is 4.68 Å². The van der Waals surface area contributed by atoms with Crippen molar-refractivity contribution in [2.75, 3.05) is 0 Å². The summed E-state index contributed by atoms with van der Waals surface area (Å²) in [6.45, 7) is 0. The first-order chi connectivity index (χ1) is 5.83. The van der Waals surface area contributed by atoms with E-state index in [1.165, 1.54) is 19.3 Å². The van der Waals surface area contributed by atoms with Crippen molar-refractivity contribution in [3.8, 4) is 0 Å². The van der Waals surface area contributed by atoms with Crippen LogP contribution in [0.3, 0.4) is 0 Å². The van der Waals surface area contributed by atoms with Crippen LogP contribution < -0.4 is 0 Å². The third kappa shape index (κ3) is 1.29. The SMILES string of the molecule is ClCc1cnn(C2CCC2)c1Br. The zero-order valence-corrected chi connectivity index (χ0v) is 8.98. The molecule has 0 aromatic carbocycles. The number of aromatic nitrogens is 2. The van der Waals surface area contributed by atoms with Gasteiger partial charge in [-0.25, -0.2) is 0 Å². The van der Waals surface area contributed by atoms with E-state index in [1.54, 1.807) is 0 Å². The summed E-state index contributed by atoms with van der Waals surface area (Å²) in [7, 11) is 0. The number of halogens is 2. The summed E-state index contributed by atoms with van der Waals surface area (Å²) >= 11 is 9.23. The van der Waals surface area contributed by atoms with Crippen LogP contribution in [0.5, 0.6) is 0 Å². The maximum atomic E-state index is 5.73. The van der Waals surface area contributed by atoms with Gasteiger partial charge in [0.05, 0.1) is 18.1 Å². The molecule has 0 bridgehead atoms. The topological polar surface area (TPSA) is 17.8 Å². The van der Waals surface area contributed by atoms with Gasteiger partial charge in [0.15, 0.2) is 0 Å². The molecule has 0 atom stereocenters. The van der Waals surface area contributed by atoms with Crippen molar-refractivity contribution in [3.05, 3.63) is 16.4 Å². The summed E-state index contributed by atoms with van der Waals surface area (Å²) in [6, 6.07) is 0.608. The third-order valence-electron chi connectivity index (χ3n) is 2.37. The zero-order chi connectivity index (χ0) is 8.55. The summed E-state index contributed by atoms with van der Waals surface area (Å²) in [4.78, 5) is 0. The summed E-state index contributed by atoms with van der Waals surface area (Å²) in [5.41, 5.74) is 1.09. The number of hydrogen-bond donors (Lipinski definition) is 0. The molecule has 0 amide bonds. The van der Waals surface area contributed by atoms with Gasteiger partial charge >= 0.3 is 0 Å². The Morgan fingerprint density at radius 1 is 1.67 bits per heavy atom. The summed E-state index contributed by atoms with van der Waals surface area (Å²) < 4.78 is 3.10. The predicted octanol–water partition coefficient (Wildman–Crippen LogP) is 3.11. The van der Waals surface area contributed by atoms with Gasteiger partial charge in [0.2, 0.25) is 0 Å². The molecule has 1 aliphatic carbocycles. The first-order valence-electron chi connectivity index (χ1n) is 4.10. The van der Waals surface area contributed by atoms with Crippen LogP contribution in [0.1, 0.15) is 30.9 Å². The van der Waals surface area contributed by atoms with E-state index in [0.29, 0.717) is 11.9 Å². The first-order valence-corrected chi connectivity index (χ1v) is 5.43. The Kier molecular flexibility index (Phi) is 2.42. The van der Waals surface area contributed by atoms with E-state index in [2.05, 4.69) is 21.0 Å². The Morgan fingerprint density at radius 2 is 2.42 bits per heavy atom. The minimum Gasteiger partial charge on any atom is -0.255 e. The molecule has 0 saturated heterocycles. The van der Waals surface area contributed by atoms with Crippen LogP contribution in [0.25, 0.3) is 0 Å². The predicted molar refractivity (Wildman–Crippen MR) is 52.4 cm³/mol. The molecule has 1 aromatic rings. The van der Waals surface area contributed by atoms with Crippen LogP contribution >= 0.6 is 27.5 Å². The van der Waals surface area contributed by atoms with Crippen molar-refractivity contribution < 1.29 is 0 Å². The Morgan fingerprint density at radius 3 is 2.83 bits per heavy atom. The fourth-order valence-electron chi connectivity index (χ4n) is 1.36. The molecule has 1 aliphatic rings. The van der Waals surface area contributed by atoms with Crippen molar-refractivity contribution in [1.82, 2.24) is 9.78 Å². The normalized spacial score (nSPS) is 17.8. The van der Waals surface area contributed by atoms with Gasteiger partial charge in [-0.1, -0.05) is 0 Å². The highest BCUT2D eigenvalue weighted by atomic mass is 79.9. The molecule has 66 valence electrons. The second-order valence-corrected chi connectivity index (χ2v) is 4.14. The highest BCUT2D eigenvalue weighted by molar-refractivity contribution is 9.10. The van der Waals surface area contributed by atoms with E-state index in [0.717, 1.165) is 10.2 Å². The molecule has 2 rings (SSSR count). The van der Waals surface area contributed by atoms with Gasteiger partial charge in [0.25, 0.3) is 0 Å². The average molecular weight is 250 g/mol. The molecule has 1 saturated carbocycles. The second-order valence-electron chi connectivity index (χ2n) is 3.12. The van der Waals surface area contributed by atoms with E-state index in [9.17, 15) is 0 Å². The highest BCUT2D eigenvalue weighted by Gasteiger charge is 2.22. The average Bonchev–Trinajstić information content (AvgIpc) is 2.30. The van der Waals surface area contributed by atoms with E-state index >= 15 is 0 Å². The van der Waals surface area contributed by atoms with Crippen LogP contribution in [-0.4, -0.2) is 9.78 Å². The van der Waals surface area contributed by atoms with E-state index in [1.807, 2.05) is 10.9 Å². The lowest BCUT2D eigenvalue weighted by Crippen LogP contribution is -2.18. The minimum absolute atomic E-state index is 0.535. The molecule has 12 heavy (non-hydrogen) atoms. The van der Waals surface area contributed by atoms with E-state index < -0.39 is 0 Å². The Hall–Kier alpha value is -0.0200. The monoisotopic (exact) mass is 248 g/mol. The van der Waals surface area contributed by atoms with Gasteiger partial charge in [0.1, 0.15) is 4.60 Å². The smallest absolute Gasteiger partial charge is 0.108 e. The van der Waals surface area contributed by atoms with Gasteiger partial charge in [0, 0.05) is 5.56 Å². The fourth-order valence-corrected chi connectivity index (χ4v) is 2.34. The van der Waals surface area contributed by atoms with Crippen molar-refractivity contribution in [1.29, 1.82) is 0 Å². The summed E-state index contributed by atoms with van der Waals surface area (Å²) in [5, 5.41) is 4.29. The van der Waals surface area contributed by atoms with Gasteiger partial charge in [-0.05, 0) is 35.2 Å². The molecule has 0 N–H and O–H groups in total. The lowest BCUT2D eigenvalue weighted by molar-refractivity contribution is 0.285. The van der Waals surface area contributed by atoms with Crippen molar-refractivity contribution in [3.63, 3.8) is 0 Å². The lowest BCUT2D eigenvalue weighted by Gasteiger charge is -2.26. The summed E-state index contributed by atoms with van der Waals surface area (Å²) in [6.07, 6.45) is 5.67. The van der Waals surface area contributed by atoms with Crippen molar-refractivity contribution in [2.45, 2.75) is 31.2 Å². The molecule has 0 aliphatic heterocycles. The Labute approximate surface area is 85.0 Å². The zero-order valence-electron chi connectivity index (χ0n) is 6.63. The molecule has 1 fully saturated rings. The first kappa shape index (κ1) is 8.57. The Balaban J connectivity index is 2.25. The Bertz CT molecular complexity index is 281. The molecular weight excluding hydrogens is 239 g/mol. The second kappa shape index (κ2) is 3.38. The molecule has 1 heterocycles. The summed E-state index contributed by atoms with van der Waals surface area (Å²) in [5.74, 6) is 0.535. The van der Waals surface area contributed by atoms with Crippen LogP contribution in [0, 0.1) is 0 Å². The van der Waals surface area contributed by atoms with Crippen LogP contribution in [0.2, 0.25) is 0 Å². The number of alkyl halides is 1. The lowest BCUT2D eigenvalue weighted by atomic mass is 9.93. The molecule has 0 spiro atoms. The van der Waals surface area contributed by atoms with Gasteiger partial charge in [-0.2, -0.15) is 5.10 Å². The van der Waals surface area contributed by atoms with Crippen LogP contribution in [0.15, 0.2) is 10.8 Å². The fraction of sp³-hybridized carbons (Fsp3) is 0.625. The molecule has 4 heteroatoms. The standard InChI is InChI=1S/C8H10BrClN2/c9-8-6(4-10)5-11-12(8)7-2-1-3-7/h5,7H,1-4H2. The molecule has 1 aromatic heterocycles. The molecule has 0 radical (unpaired) electrons. The quantitative estimate of drug-likeness (QED) is 0.737. The van der Waals surface area contributed by atoms with Gasteiger partial charge < -0.3 is 0 Å². The molecule has 2 nitrogen and oxygen atoms in total. The van der Waals surface area contributed by atoms with Crippen molar-refractivity contribution >= 4 is 27.5 Å². The number of nitrogens with zero attached hydrogens (tertiary/aromatic N) is 2. The number of hydrogen-bond acceptors (Lipinski definition) is 1.